The fourth-order valence-corrected chi connectivity index (χ4v) is 3.61. The molecule has 2 aromatic rings. The van der Waals surface area contributed by atoms with Gasteiger partial charge in [0, 0.05) is 44.0 Å². The summed E-state index contributed by atoms with van der Waals surface area (Å²) in [6.07, 6.45) is 0. The number of rotatable bonds is 5. The van der Waals surface area contributed by atoms with Gasteiger partial charge in [0.15, 0.2) is 0 Å². The fraction of sp³-hybridized carbons (Fsp3) is 0.333. The molecule has 0 unspecified atom stereocenters. The Labute approximate surface area is 179 Å². The molecule has 1 aliphatic heterocycles. The number of nitro groups is 1. The first-order valence-corrected chi connectivity index (χ1v) is 9.95. The van der Waals surface area contributed by atoms with Crippen molar-refractivity contribution >= 4 is 34.8 Å². The van der Waals surface area contributed by atoms with Crippen molar-refractivity contribution < 1.29 is 14.5 Å². The van der Waals surface area contributed by atoms with Crippen molar-refractivity contribution in [1.29, 1.82) is 0 Å². The van der Waals surface area contributed by atoms with E-state index in [0.717, 1.165) is 16.8 Å². The maximum atomic E-state index is 12.7. The normalized spacial score (nSPS) is 14.4. The van der Waals surface area contributed by atoms with Gasteiger partial charge < -0.3 is 10.2 Å². The minimum absolute atomic E-state index is 0.0598. The molecule has 1 heterocycles. The average Bonchev–Trinajstić information content (AvgIpc) is 2.71. The Kier molecular flexibility index (Phi) is 6.69. The first kappa shape index (κ1) is 21.7. The number of nitrogens with one attached hydrogen (secondary N) is 1. The SMILES string of the molecule is Cc1cccc(NC(=O)CN2CCN(C(=O)c3ccc([N+](=O)[O-])cc3Cl)CC2)c1C. The standard InChI is InChI=1S/C21H23ClN4O4/c1-14-4-3-5-19(15(14)2)23-20(27)13-24-8-10-25(11-9-24)21(28)17-7-6-16(26(29)30)12-18(17)22/h3-7,12H,8-11,13H2,1-2H3,(H,23,27). The molecular formula is C21H23ClN4O4. The highest BCUT2D eigenvalue weighted by molar-refractivity contribution is 6.34. The second-order valence-electron chi connectivity index (χ2n) is 7.29. The third-order valence-electron chi connectivity index (χ3n) is 5.30. The third kappa shape index (κ3) is 4.95. The molecule has 0 atom stereocenters. The van der Waals surface area contributed by atoms with Gasteiger partial charge in [-0.15, -0.1) is 0 Å². The molecule has 0 aliphatic carbocycles. The number of benzene rings is 2. The van der Waals surface area contributed by atoms with E-state index in [1.807, 2.05) is 36.9 Å². The summed E-state index contributed by atoms with van der Waals surface area (Å²) in [7, 11) is 0. The summed E-state index contributed by atoms with van der Waals surface area (Å²) < 4.78 is 0. The smallest absolute Gasteiger partial charge is 0.270 e. The maximum Gasteiger partial charge on any atom is 0.270 e. The number of anilines is 1. The van der Waals surface area contributed by atoms with Crippen LogP contribution in [-0.2, 0) is 4.79 Å². The number of halogens is 1. The number of hydrogen-bond acceptors (Lipinski definition) is 5. The van der Waals surface area contributed by atoms with E-state index >= 15 is 0 Å². The van der Waals surface area contributed by atoms with Crippen LogP contribution in [0.25, 0.3) is 0 Å². The van der Waals surface area contributed by atoms with Crippen LogP contribution < -0.4 is 5.32 Å². The van der Waals surface area contributed by atoms with Crippen molar-refractivity contribution in [3.05, 3.63) is 68.2 Å². The summed E-state index contributed by atoms with van der Waals surface area (Å²) >= 11 is 6.07. The van der Waals surface area contributed by atoms with E-state index in [4.69, 9.17) is 11.6 Å². The van der Waals surface area contributed by atoms with Gasteiger partial charge in [-0.3, -0.25) is 24.6 Å². The number of carbonyl (C=O) groups excluding carboxylic acids is 2. The molecule has 158 valence electrons. The molecule has 9 heteroatoms. The second-order valence-corrected chi connectivity index (χ2v) is 7.69. The van der Waals surface area contributed by atoms with E-state index in [0.29, 0.717) is 26.2 Å². The zero-order valence-corrected chi connectivity index (χ0v) is 17.6. The molecule has 30 heavy (non-hydrogen) atoms. The third-order valence-corrected chi connectivity index (χ3v) is 5.61. The number of non-ortho nitro benzene ring substituents is 1. The van der Waals surface area contributed by atoms with Crippen molar-refractivity contribution in [3.63, 3.8) is 0 Å². The van der Waals surface area contributed by atoms with Crippen LogP contribution in [0.2, 0.25) is 5.02 Å². The Hall–Kier alpha value is -2.97. The van der Waals surface area contributed by atoms with Crippen molar-refractivity contribution in [3.8, 4) is 0 Å². The Bertz CT molecular complexity index is 987. The second kappa shape index (κ2) is 9.23. The van der Waals surface area contributed by atoms with E-state index < -0.39 is 4.92 Å². The van der Waals surface area contributed by atoms with Crippen LogP contribution in [0.3, 0.4) is 0 Å². The fourth-order valence-electron chi connectivity index (χ4n) is 3.35. The summed E-state index contributed by atoms with van der Waals surface area (Å²) in [6.45, 7) is 6.21. The maximum absolute atomic E-state index is 12.7. The number of amides is 2. The van der Waals surface area contributed by atoms with Gasteiger partial charge in [-0.05, 0) is 37.1 Å². The molecule has 1 saturated heterocycles. The average molecular weight is 431 g/mol. The van der Waals surface area contributed by atoms with E-state index in [1.165, 1.54) is 18.2 Å². The van der Waals surface area contributed by atoms with E-state index in [1.54, 1.807) is 4.90 Å². The number of nitrogens with zero attached hydrogens (tertiary/aromatic N) is 3. The lowest BCUT2D eigenvalue weighted by molar-refractivity contribution is -0.384. The lowest BCUT2D eigenvalue weighted by Crippen LogP contribution is -2.50. The Balaban J connectivity index is 1.54. The Morgan fingerprint density at radius 3 is 2.47 bits per heavy atom. The topological polar surface area (TPSA) is 95.8 Å². The molecule has 0 radical (unpaired) electrons. The number of aryl methyl sites for hydroxylation is 1. The van der Waals surface area contributed by atoms with E-state index in [9.17, 15) is 19.7 Å². The van der Waals surface area contributed by atoms with Gasteiger partial charge in [0.25, 0.3) is 11.6 Å². The lowest BCUT2D eigenvalue weighted by atomic mass is 10.1. The van der Waals surface area contributed by atoms with Gasteiger partial charge in [0.2, 0.25) is 5.91 Å². The minimum Gasteiger partial charge on any atom is -0.336 e. The predicted octanol–water partition coefficient (Wildman–Crippen LogP) is 3.26. The van der Waals surface area contributed by atoms with Crippen LogP contribution in [-0.4, -0.2) is 59.3 Å². The van der Waals surface area contributed by atoms with Crippen LogP contribution in [0, 0.1) is 24.0 Å². The van der Waals surface area contributed by atoms with Gasteiger partial charge in [-0.2, -0.15) is 0 Å². The van der Waals surface area contributed by atoms with Crippen LogP contribution in [0.5, 0.6) is 0 Å². The molecule has 2 amide bonds. The van der Waals surface area contributed by atoms with Crippen LogP contribution in [0.15, 0.2) is 36.4 Å². The Morgan fingerprint density at radius 2 is 1.83 bits per heavy atom. The first-order chi connectivity index (χ1) is 14.3. The van der Waals surface area contributed by atoms with Gasteiger partial charge in [0.05, 0.1) is 22.1 Å². The number of piperazine rings is 1. The van der Waals surface area contributed by atoms with Crippen molar-refractivity contribution in [2.45, 2.75) is 13.8 Å². The van der Waals surface area contributed by atoms with Crippen LogP contribution >= 0.6 is 11.6 Å². The number of hydrogen-bond donors (Lipinski definition) is 1. The summed E-state index contributed by atoms with van der Waals surface area (Å²) in [5.41, 5.74) is 3.05. The largest absolute Gasteiger partial charge is 0.336 e. The van der Waals surface area contributed by atoms with Crippen LogP contribution in [0.1, 0.15) is 21.5 Å². The van der Waals surface area contributed by atoms with Gasteiger partial charge in [-0.25, -0.2) is 0 Å². The van der Waals surface area contributed by atoms with Crippen molar-refractivity contribution in [2.75, 3.05) is 38.0 Å². The molecule has 8 nitrogen and oxygen atoms in total. The number of carbonyl (C=O) groups is 2. The summed E-state index contributed by atoms with van der Waals surface area (Å²) in [4.78, 5) is 39.0. The zero-order chi connectivity index (χ0) is 21.8. The summed E-state index contributed by atoms with van der Waals surface area (Å²) in [5, 5.41) is 13.8. The highest BCUT2D eigenvalue weighted by Crippen LogP contribution is 2.24. The quantitative estimate of drug-likeness (QED) is 0.580. The van der Waals surface area contributed by atoms with Gasteiger partial charge in [0.1, 0.15) is 0 Å². The molecule has 0 spiro atoms. The summed E-state index contributed by atoms with van der Waals surface area (Å²) in [6, 6.07) is 9.62. The van der Waals surface area contributed by atoms with E-state index in [-0.39, 0.29) is 34.6 Å². The molecule has 1 fully saturated rings. The number of nitro benzene ring substituents is 1. The highest BCUT2D eigenvalue weighted by Gasteiger charge is 2.25. The first-order valence-electron chi connectivity index (χ1n) is 9.58. The minimum atomic E-state index is -0.553. The molecule has 3 rings (SSSR count). The molecule has 1 aliphatic rings. The monoisotopic (exact) mass is 430 g/mol. The highest BCUT2D eigenvalue weighted by atomic mass is 35.5. The molecule has 1 N–H and O–H groups in total. The zero-order valence-electron chi connectivity index (χ0n) is 16.9. The molecule has 0 saturated carbocycles. The van der Waals surface area contributed by atoms with Gasteiger partial charge in [-0.1, -0.05) is 23.7 Å². The van der Waals surface area contributed by atoms with Gasteiger partial charge >= 0.3 is 0 Å². The van der Waals surface area contributed by atoms with E-state index in [2.05, 4.69) is 5.32 Å². The van der Waals surface area contributed by atoms with Crippen molar-refractivity contribution in [1.82, 2.24) is 9.80 Å². The predicted molar refractivity (Wildman–Crippen MR) is 115 cm³/mol. The lowest BCUT2D eigenvalue weighted by Gasteiger charge is -2.34. The van der Waals surface area contributed by atoms with Crippen molar-refractivity contribution in [2.24, 2.45) is 0 Å². The summed E-state index contributed by atoms with van der Waals surface area (Å²) in [5.74, 6) is -0.365. The molecule has 0 aromatic heterocycles. The molecule has 2 aromatic carbocycles. The molecule has 0 bridgehead atoms. The van der Waals surface area contributed by atoms with Crippen LogP contribution in [0.4, 0.5) is 11.4 Å². The Morgan fingerprint density at radius 1 is 1.13 bits per heavy atom. The molecular weight excluding hydrogens is 408 g/mol.